The summed E-state index contributed by atoms with van der Waals surface area (Å²) in [6.07, 6.45) is 0. The first kappa shape index (κ1) is 23.2. The van der Waals surface area contributed by atoms with Crippen LogP contribution in [0.2, 0.25) is 0 Å². The second-order valence-electron chi connectivity index (χ2n) is 8.57. The Morgan fingerprint density at radius 1 is 0.500 bits per heavy atom. The third-order valence-electron chi connectivity index (χ3n) is 5.88. The maximum atomic E-state index is 13.9. The molecule has 2 atom stereocenters. The number of rotatable bonds is 6. The molecule has 0 radical (unpaired) electrons. The molecular formula is C30H24O6. The summed E-state index contributed by atoms with van der Waals surface area (Å²) in [5, 5.41) is 0. The largest absolute Gasteiger partial charge is 0.439 e. The Morgan fingerprint density at radius 2 is 0.833 bits per heavy atom. The van der Waals surface area contributed by atoms with Crippen molar-refractivity contribution in [3.63, 3.8) is 0 Å². The number of carbonyl (C=O) groups is 2. The van der Waals surface area contributed by atoms with Crippen LogP contribution in [0.15, 0.2) is 109 Å². The van der Waals surface area contributed by atoms with E-state index in [0.29, 0.717) is 22.6 Å². The molecule has 1 aliphatic rings. The van der Waals surface area contributed by atoms with E-state index in [-0.39, 0.29) is 0 Å². The van der Waals surface area contributed by atoms with Crippen LogP contribution in [0.3, 0.4) is 0 Å². The van der Waals surface area contributed by atoms with Crippen molar-refractivity contribution in [3.05, 3.63) is 131 Å². The Balaban J connectivity index is 1.60. The van der Waals surface area contributed by atoms with E-state index >= 15 is 0 Å². The zero-order chi connectivity index (χ0) is 25.2. The molecule has 0 N–H and O–H groups in total. The first-order chi connectivity index (χ1) is 17.4. The Morgan fingerprint density at radius 3 is 1.17 bits per heavy atom. The average Bonchev–Trinajstić information content (AvgIpc) is 2.90. The minimum atomic E-state index is -2.16. The lowest BCUT2D eigenvalue weighted by molar-refractivity contribution is -0.295. The van der Waals surface area contributed by atoms with Gasteiger partial charge in [0.25, 0.3) is 0 Å². The number of ether oxygens (including phenoxy) is 4. The highest BCUT2D eigenvalue weighted by Gasteiger charge is 2.64. The number of aryl methyl sites for hydroxylation is 2. The summed E-state index contributed by atoms with van der Waals surface area (Å²) < 4.78 is 24.0. The molecule has 4 aromatic carbocycles. The monoisotopic (exact) mass is 480 g/mol. The van der Waals surface area contributed by atoms with E-state index in [9.17, 15) is 9.59 Å². The van der Waals surface area contributed by atoms with E-state index in [1.54, 1.807) is 84.9 Å². The van der Waals surface area contributed by atoms with Crippen LogP contribution < -0.4 is 9.47 Å². The highest BCUT2D eigenvalue weighted by Crippen LogP contribution is 2.43. The van der Waals surface area contributed by atoms with Crippen molar-refractivity contribution in [2.75, 3.05) is 0 Å². The predicted molar refractivity (Wildman–Crippen MR) is 132 cm³/mol. The molecule has 6 nitrogen and oxygen atoms in total. The molecule has 36 heavy (non-hydrogen) atoms. The molecule has 1 aliphatic heterocycles. The Hall–Kier alpha value is -4.58. The topological polar surface area (TPSA) is 71.1 Å². The van der Waals surface area contributed by atoms with Crippen LogP contribution in [0.5, 0.6) is 11.5 Å². The lowest BCUT2D eigenvalue weighted by atomic mass is 10.00. The fourth-order valence-electron chi connectivity index (χ4n) is 3.93. The van der Waals surface area contributed by atoms with Crippen LogP contribution in [0.1, 0.15) is 22.3 Å². The Kier molecular flexibility index (Phi) is 5.94. The molecule has 180 valence electrons. The predicted octanol–water partition coefficient (Wildman–Crippen LogP) is 5.57. The van der Waals surface area contributed by atoms with E-state index in [1.165, 1.54) is 0 Å². The summed E-state index contributed by atoms with van der Waals surface area (Å²) in [6, 6.07) is 31.1. The Labute approximate surface area is 209 Å². The number of hydrogen-bond donors (Lipinski definition) is 0. The van der Waals surface area contributed by atoms with Crippen LogP contribution >= 0.6 is 0 Å². The van der Waals surface area contributed by atoms with Gasteiger partial charge < -0.3 is 18.9 Å². The second kappa shape index (κ2) is 9.23. The third kappa shape index (κ3) is 4.18. The molecule has 6 heteroatoms. The van der Waals surface area contributed by atoms with Gasteiger partial charge in [-0.25, -0.2) is 9.59 Å². The first-order valence-electron chi connectivity index (χ1n) is 11.5. The van der Waals surface area contributed by atoms with Crippen molar-refractivity contribution in [2.45, 2.75) is 25.4 Å². The normalized spacial score (nSPS) is 21.3. The van der Waals surface area contributed by atoms with Crippen molar-refractivity contribution in [1.82, 2.24) is 0 Å². The van der Waals surface area contributed by atoms with Gasteiger partial charge in [-0.2, -0.15) is 0 Å². The molecule has 1 fully saturated rings. The maximum Gasteiger partial charge on any atom is 0.402 e. The summed E-state index contributed by atoms with van der Waals surface area (Å²) in [5.41, 5.74) is 2.63. The van der Waals surface area contributed by atoms with Crippen LogP contribution in [-0.4, -0.2) is 11.9 Å². The molecule has 5 rings (SSSR count). The molecule has 1 heterocycles. The van der Waals surface area contributed by atoms with Gasteiger partial charge in [-0.15, -0.1) is 0 Å². The van der Waals surface area contributed by atoms with Crippen LogP contribution in [0.4, 0.5) is 0 Å². The van der Waals surface area contributed by atoms with E-state index in [1.807, 2.05) is 38.1 Å². The first-order valence-corrected chi connectivity index (χ1v) is 11.5. The molecule has 0 spiro atoms. The van der Waals surface area contributed by atoms with E-state index < -0.39 is 23.5 Å². The third-order valence-corrected chi connectivity index (χ3v) is 5.88. The highest BCUT2D eigenvalue weighted by atomic mass is 16.8. The minimum Gasteiger partial charge on any atom is -0.439 e. The molecule has 0 bridgehead atoms. The quantitative estimate of drug-likeness (QED) is 0.336. The van der Waals surface area contributed by atoms with Crippen LogP contribution in [0.25, 0.3) is 0 Å². The number of benzene rings is 4. The zero-order valence-corrected chi connectivity index (χ0v) is 19.8. The summed E-state index contributed by atoms with van der Waals surface area (Å²) in [4.78, 5) is 27.7. The summed E-state index contributed by atoms with van der Waals surface area (Å²) >= 11 is 0. The Bertz CT molecular complexity index is 1260. The van der Waals surface area contributed by atoms with Gasteiger partial charge in [0.2, 0.25) is 0 Å². The van der Waals surface area contributed by atoms with E-state index in [0.717, 1.165) is 11.1 Å². The van der Waals surface area contributed by atoms with E-state index in [4.69, 9.17) is 18.9 Å². The van der Waals surface area contributed by atoms with Crippen molar-refractivity contribution in [3.8, 4) is 11.5 Å². The molecule has 0 unspecified atom stereocenters. The number of cyclic esters (lactones) is 2. The van der Waals surface area contributed by atoms with Gasteiger partial charge in [0.15, 0.2) is 0 Å². The smallest absolute Gasteiger partial charge is 0.402 e. The van der Waals surface area contributed by atoms with Crippen molar-refractivity contribution in [2.24, 2.45) is 0 Å². The fourth-order valence-corrected chi connectivity index (χ4v) is 3.93. The maximum absolute atomic E-state index is 13.9. The minimum absolute atomic E-state index is 0.306. The number of hydrogen-bond acceptors (Lipinski definition) is 6. The summed E-state index contributed by atoms with van der Waals surface area (Å²) in [5.74, 6) is -5.51. The van der Waals surface area contributed by atoms with E-state index in [2.05, 4.69) is 0 Å². The standard InChI is InChI=1S/C30H24O6/c1-21-13-17-25(18-14-21)33-29(23-9-5-3-6-10-23)27(31)36-30(28(32)35-29,24-11-7-4-8-12-24)34-26-19-15-22(2)16-20-26/h3-20H,1-2H3/t29-,30+. The highest BCUT2D eigenvalue weighted by molar-refractivity contribution is 5.93. The zero-order valence-electron chi connectivity index (χ0n) is 19.8. The van der Waals surface area contributed by atoms with Crippen LogP contribution in [0, 0.1) is 13.8 Å². The lowest BCUT2D eigenvalue weighted by Crippen LogP contribution is -2.61. The molecule has 0 aromatic heterocycles. The van der Waals surface area contributed by atoms with Gasteiger partial charge >= 0.3 is 23.5 Å². The van der Waals surface area contributed by atoms with Crippen LogP contribution in [-0.2, 0) is 30.6 Å². The molecule has 0 saturated carbocycles. The lowest BCUT2D eigenvalue weighted by Gasteiger charge is -2.42. The second-order valence-corrected chi connectivity index (χ2v) is 8.57. The SMILES string of the molecule is Cc1ccc(O[C@@]2(c3ccccc3)OC(=O)[C@@](Oc3ccc(C)cc3)(c3ccccc3)OC2=O)cc1. The molecule has 4 aromatic rings. The number of esters is 2. The van der Waals surface area contributed by atoms with Crippen molar-refractivity contribution in [1.29, 1.82) is 0 Å². The van der Waals surface area contributed by atoms with Gasteiger partial charge in [-0.1, -0.05) is 96.1 Å². The van der Waals surface area contributed by atoms with Crippen molar-refractivity contribution < 1.29 is 28.5 Å². The summed E-state index contributed by atoms with van der Waals surface area (Å²) in [7, 11) is 0. The van der Waals surface area contributed by atoms with Gasteiger partial charge in [0.1, 0.15) is 11.5 Å². The molecule has 0 amide bonds. The van der Waals surface area contributed by atoms with Gasteiger partial charge in [0, 0.05) is 11.1 Å². The van der Waals surface area contributed by atoms with Gasteiger partial charge in [-0.05, 0) is 38.1 Å². The summed E-state index contributed by atoms with van der Waals surface area (Å²) in [6.45, 7) is 3.87. The molecular weight excluding hydrogens is 456 g/mol. The van der Waals surface area contributed by atoms with Crippen molar-refractivity contribution >= 4 is 11.9 Å². The average molecular weight is 481 g/mol. The van der Waals surface area contributed by atoms with Gasteiger partial charge in [-0.3, -0.25) is 0 Å². The molecule has 1 saturated heterocycles. The molecule has 0 aliphatic carbocycles. The van der Waals surface area contributed by atoms with Gasteiger partial charge in [0.05, 0.1) is 0 Å². The number of carbonyl (C=O) groups excluding carboxylic acids is 2. The fraction of sp³-hybridized carbons (Fsp3) is 0.133.